The van der Waals surface area contributed by atoms with E-state index < -0.39 is 5.91 Å². The van der Waals surface area contributed by atoms with E-state index >= 15 is 0 Å². The number of rotatable bonds is 6. The van der Waals surface area contributed by atoms with Gasteiger partial charge in [0.1, 0.15) is 17.2 Å². The molecular weight excluding hydrogens is 486 g/mol. The summed E-state index contributed by atoms with van der Waals surface area (Å²) >= 11 is 0. The summed E-state index contributed by atoms with van der Waals surface area (Å²) in [7, 11) is 0. The number of carbonyl (C=O) groups is 1. The van der Waals surface area contributed by atoms with Crippen LogP contribution in [0.4, 0.5) is 17.1 Å². The number of nitrogens with one attached hydrogen (secondary N) is 1. The largest absolute Gasteiger partial charge is 0.506 e. The van der Waals surface area contributed by atoms with Gasteiger partial charge in [-0.3, -0.25) is 4.79 Å². The number of hydrogen-bond donors (Lipinski definition) is 2. The molecular formula is C33H29N3O3. The lowest BCUT2D eigenvalue weighted by atomic mass is 9.87. The smallest absolute Gasteiger partial charge is 0.259 e. The maximum Gasteiger partial charge on any atom is 0.259 e. The molecule has 2 N–H and O–H groups in total. The number of hydrogen-bond acceptors (Lipinski definition) is 5. The van der Waals surface area contributed by atoms with Crippen LogP contribution in [0.25, 0.3) is 10.8 Å². The normalized spacial score (nSPS) is 11.6. The molecule has 5 aromatic rings. The quantitative estimate of drug-likeness (QED) is 0.221. The van der Waals surface area contributed by atoms with E-state index in [1.807, 2.05) is 54.6 Å². The summed E-state index contributed by atoms with van der Waals surface area (Å²) in [4.78, 5) is 13.2. The molecule has 0 radical (unpaired) electrons. The number of carbonyl (C=O) groups excluding carboxylic acids is 1. The molecule has 39 heavy (non-hydrogen) atoms. The Morgan fingerprint density at radius 2 is 1.33 bits per heavy atom. The fraction of sp³-hybridized carbons (Fsp3) is 0.121. The minimum Gasteiger partial charge on any atom is -0.506 e. The van der Waals surface area contributed by atoms with Crippen LogP contribution in [0.2, 0.25) is 0 Å². The van der Waals surface area contributed by atoms with Crippen molar-refractivity contribution >= 4 is 33.7 Å². The first-order valence-corrected chi connectivity index (χ1v) is 12.7. The van der Waals surface area contributed by atoms with Gasteiger partial charge >= 0.3 is 0 Å². The summed E-state index contributed by atoms with van der Waals surface area (Å²) in [6.45, 7) is 6.51. The molecule has 5 rings (SSSR count). The van der Waals surface area contributed by atoms with Crippen molar-refractivity contribution in [2.75, 3.05) is 5.32 Å². The van der Waals surface area contributed by atoms with Gasteiger partial charge in [0.05, 0.1) is 16.9 Å². The van der Waals surface area contributed by atoms with Crippen molar-refractivity contribution < 1.29 is 14.6 Å². The molecule has 0 saturated heterocycles. The Hall–Kier alpha value is -4.97. The lowest BCUT2D eigenvalue weighted by molar-refractivity contribution is 0.102. The first-order chi connectivity index (χ1) is 18.8. The first kappa shape index (κ1) is 25.7. The molecule has 5 aromatic carbocycles. The van der Waals surface area contributed by atoms with Gasteiger partial charge in [-0.1, -0.05) is 75.4 Å². The molecule has 0 bridgehead atoms. The number of fused-ring (bicyclic) bond motifs is 1. The van der Waals surface area contributed by atoms with Crippen LogP contribution in [0.15, 0.2) is 119 Å². The van der Waals surface area contributed by atoms with Crippen molar-refractivity contribution in [1.29, 1.82) is 0 Å². The van der Waals surface area contributed by atoms with Crippen LogP contribution in [-0.4, -0.2) is 11.0 Å². The lowest BCUT2D eigenvalue weighted by Gasteiger charge is -2.19. The highest BCUT2D eigenvalue weighted by Crippen LogP contribution is 2.37. The Bertz CT molecular complexity index is 1640. The Morgan fingerprint density at radius 1 is 0.744 bits per heavy atom. The van der Waals surface area contributed by atoms with Gasteiger partial charge in [0.25, 0.3) is 5.91 Å². The molecule has 0 saturated carbocycles. The molecule has 0 aliphatic heterocycles. The summed E-state index contributed by atoms with van der Waals surface area (Å²) < 4.78 is 5.96. The number of phenolic OH excluding ortho intramolecular Hbond substituents is 1. The van der Waals surface area contributed by atoms with E-state index in [2.05, 4.69) is 48.4 Å². The number of nitrogens with zero attached hydrogens (tertiary/aromatic N) is 2. The van der Waals surface area contributed by atoms with Crippen molar-refractivity contribution in [3.63, 3.8) is 0 Å². The van der Waals surface area contributed by atoms with Gasteiger partial charge in [0.15, 0.2) is 0 Å². The van der Waals surface area contributed by atoms with Gasteiger partial charge in [0.2, 0.25) is 0 Å². The van der Waals surface area contributed by atoms with Gasteiger partial charge in [-0.2, -0.15) is 5.11 Å². The Balaban J connectivity index is 1.35. The summed E-state index contributed by atoms with van der Waals surface area (Å²) in [6, 6.07) is 33.2. The van der Waals surface area contributed by atoms with E-state index in [1.165, 1.54) is 5.56 Å². The van der Waals surface area contributed by atoms with Crippen LogP contribution in [0, 0.1) is 0 Å². The second kappa shape index (κ2) is 10.8. The van der Waals surface area contributed by atoms with Crippen molar-refractivity contribution in [3.8, 4) is 17.2 Å². The fourth-order valence-corrected chi connectivity index (χ4v) is 4.17. The fourth-order valence-electron chi connectivity index (χ4n) is 4.17. The van der Waals surface area contributed by atoms with E-state index in [0.29, 0.717) is 33.6 Å². The highest BCUT2D eigenvalue weighted by molar-refractivity contribution is 6.12. The summed E-state index contributed by atoms with van der Waals surface area (Å²) in [5.41, 5.74) is 3.15. The number of phenols is 1. The van der Waals surface area contributed by atoms with E-state index in [4.69, 9.17) is 4.74 Å². The molecule has 0 aromatic heterocycles. The summed E-state index contributed by atoms with van der Waals surface area (Å²) in [5, 5.41) is 23.7. The standard InChI is InChI=1S/C33H29N3O3/c1-33(2,3)22-13-17-25(18-14-22)39-26-19-15-23(16-20-26)34-32(38)29-21-30(36-35-24-9-5-4-6-10-24)27-11-7-8-12-28(27)31(29)37/h4-21,37H,1-3H3,(H,34,38). The van der Waals surface area contributed by atoms with Gasteiger partial charge in [-0.05, 0) is 65.6 Å². The minimum absolute atomic E-state index is 0.0728. The minimum atomic E-state index is -0.458. The zero-order valence-corrected chi connectivity index (χ0v) is 22.1. The predicted octanol–water partition coefficient (Wildman–Crippen LogP) is 9.30. The maximum absolute atomic E-state index is 13.2. The zero-order valence-electron chi connectivity index (χ0n) is 22.1. The highest BCUT2D eigenvalue weighted by atomic mass is 16.5. The number of amides is 1. The Labute approximate surface area is 227 Å². The number of azo groups is 1. The predicted molar refractivity (Wildman–Crippen MR) is 156 cm³/mol. The first-order valence-electron chi connectivity index (χ1n) is 12.7. The molecule has 0 aliphatic carbocycles. The molecule has 0 spiro atoms. The molecule has 6 heteroatoms. The van der Waals surface area contributed by atoms with Crippen LogP contribution < -0.4 is 10.1 Å². The summed E-state index contributed by atoms with van der Waals surface area (Å²) in [5.74, 6) is 0.813. The van der Waals surface area contributed by atoms with Gasteiger partial charge in [0, 0.05) is 16.5 Å². The molecule has 0 atom stereocenters. The molecule has 1 amide bonds. The molecule has 0 unspecified atom stereocenters. The number of anilines is 1. The second-order valence-corrected chi connectivity index (χ2v) is 10.2. The molecule has 0 fully saturated rings. The zero-order chi connectivity index (χ0) is 27.4. The van der Waals surface area contributed by atoms with Crippen molar-refractivity contribution in [1.82, 2.24) is 0 Å². The third-order valence-corrected chi connectivity index (χ3v) is 6.34. The van der Waals surface area contributed by atoms with Crippen LogP contribution in [0.3, 0.4) is 0 Å². The van der Waals surface area contributed by atoms with Crippen molar-refractivity contribution in [2.24, 2.45) is 10.2 Å². The summed E-state index contributed by atoms with van der Waals surface area (Å²) in [6.07, 6.45) is 0. The molecule has 0 heterocycles. The van der Waals surface area contributed by atoms with Crippen molar-refractivity contribution in [2.45, 2.75) is 26.2 Å². The molecule has 194 valence electrons. The molecule has 6 nitrogen and oxygen atoms in total. The topological polar surface area (TPSA) is 83.3 Å². The number of aromatic hydroxyl groups is 1. The third-order valence-electron chi connectivity index (χ3n) is 6.34. The SMILES string of the molecule is CC(C)(C)c1ccc(Oc2ccc(NC(=O)c3cc(N=Nc4ccccc4)c4ccccc4c3O)cc2)cc1. The van der Waals surface area contributed by atoms with E-state index in [1.54, 1.807) is 42.5 Å². The van der Waals surface area contributed by atoms with Gasteiger partial charge in [-0.25, -0.2) is 0 Å². The number of benzene rings is 5. The second-order valence-electron chi connectivity index (χ2n) is 10.2. The van der Waals surface area contributed by atoms with E-state index in [9.17, 15) is 9.90 Å². The number of ether oxygens (including phenoxy) is 1. The maximum atomic E-state index is 13.2. The lowest BCUT2D eigenvalue weighted by Crippen LogP contribution is -2.12. The van der Waals surface area contributed by atoms with Gasteiger partial charge < -0.3 is 15.2 Å². The molecule has 0 aliphatic rings. The Kier molecular flexibility index (Phi) is 7.10. The Morgan fingerprint density at radius 3 is 1.97 bits per heavy atom. The van der Waals surface area contributed by atoms with Gasteiger partial charge in [-0.15, -0.1) is 5.11 Å². The van der Waals surface area contributed by atoms with Crippen LogP contribution in [0.1, 0.15) is 36.7 Å². The van der Waals surface area contributed by atoms with E-state index in [0.717, 1.165) is 5.75 Å². The van der Waals surface area contributed by atoms with Crippen LogP contribution in [-0.2, 0) is 5.41 Å². The van der Waals surface area contributed by atoms with Crippen LogP contribution in [0.5, 0.6) is 17.2 Å². The average Bonchev–Trinajstić information content (AvgIpc) is 2.94. The third kappa shape index (κ3) is 5.96. The van der Waals surface area contributed by atoms with Crippen molar-refractivity contribution in [3.05, 3.63) is 120 Å². The highest BCUT2D eigenvalue weighted by Gasteiger charge is 2.18. The van der Waals surface area contributed by atoms with Crippen LogP contribution >= 0.6 is 0 Å². The monoisotopic (exact) mass is 515 g/mol. The average molecular weight is 516 g/mol. The van der Waals surface area contributed by atoms with E-state index in [-0.39, 0.29) is 16.7 Å².